The van der Waals surface area contributed by atoms with Gasteiger partial charge in [-0.25, -0.2) is 4.68 Å². The highest BCUT2D eigenvalue weighted by molar-refractivity contribution is 5.37. The van der Waals surface area contributed by atoms with Crippen LogP contribution in [0.1, 0.15) is 11.3 Å². The maximum absolute atomic E-state index is 8.69. The molecule has 4 heteroatoms. The van der Waals surface area contributed by atoms with Gasteiger partial charge in [-0.05, 0) is 19.1 Å². The summed E-state index contributed by atoms with van der Waals surface area (Å²) in [6, 6.07) is 5.69. The Hall–Kier alpha value is -2.15. The lowest BCUT2D eigenvalue weighted by Crippen LogP contribution is -1.96. The van der Waals surface area contributed by atoms with Gasteiger partial charge in [-0.15, -0.1) is 0 Å². The highest BCUT2D eigenvalue weighted by Crippen LogP contribution is 2.07. The van der Waals surface area contributed by atoms with Crippen molar-refractivity contribution >= 4 is 0 Å². The van der Waals surface area contributed by atoms with Crippen molar-refractivity contribution in [2.24, 2.45) is 0 Å². The molecule has 0 aliphatic rings. The van der Waals surface area contributed by atoms with Crippen molar-refractivity contribution in [3.8, 4) is 11.8 Å². The third-order valence-electron chi connectivity index (χ3n) is 1.84. The molecule has 0 aromatic carbocycles. The highest BCUT2D eigenvalue weighted by atomic mass is 15.3. The molecule has 2 aromatic heterocycles. The van der Waals surface area contributed by atoms with Gasteiger partial charge in [0.2, 0.25) is 0 Å². The van der Waals surface area contributed by atoms with E-state index in [1.807, 2.05) is 25.3 Å². The first-order chi connectivity index (χ1) is 6.79. The molecule has 0 bridgehead atoms. The molecule has 0 amide bonds. The van der Waals surface area contributed by atoms with Crippen LogP contribution in [0.25, 0.3) is 5.69 Å². The number of aromatic nitrogens is 3. The zero-order valence-electron chi connectivity index (χ0n) is 7.68. The van der Waals surface area contributed by atoms with Crippen LogP contribution >= 0.6 is 0 Å². The monoisotopic (exact) mass is 184 g/mol. The van der Waals surface area contributed by atoms with Gasteiger partial charge in [-0.3, -0.25) is 4.98 Å². The number of pyridine rings is 1. The zero-order chi connectivity index (χ0) is 9.97. The molecule has 0 radical (unpaired) electrons. The lowest BCUT2D eigenvalue weighted by Gasteiger charge is -1.99. The van der Waals surface area contributed by atoms with Crippen molar-refractivity contribution < 1.29 is 0 Å². The van der Waals surface area contributed by atoms with Gasteiger partial charge in [-0.2, -0.15) is 10.4 Å². The first-order valence-electron chi connectivity index (χ1n) is 4.17. The Labute approximate surface area is 81.4 Å². The van der Waals surface area contributed by atoms with E-state index < -0.39 is 0 Å². The number of nitrogens with zero attached hydrogens (tertiary/aromatic N) is 4. The van der Waals surface area contributed by atoms with Crippen molar-refractivity contribution in [3.05, 3.63) is 42.0 Å². The van der Waals surface area contributed by atoms with Gasteiger partial charge >= 0.3 is 0 Å². The van der Waals surface area contributed by atoms with Crippen LogP contribution < -0.4 is 0 Å². The van der Waals surface area contributed by atoms with Crippen molar-refractivity contribution in [2.45, 2.75) is 6.92 Å². The molecule has 0 saturated heterocycles. The molecule has 0 aliphatic heterocycles. The number of nitriles is 1. The summed E-state index contributed by atoms with van der Waals surface area (Å²) in [6.07, 6.45) is 5.04. The summed E-state index contributed by atoms with van der Waals surface area (Å²) in [5.74, 6) is 0. The molecule has 0 fully saturated rings. The van der Waals surface area contributed by atoms with Crippen LogP contribution in [0, 0.1) is 18.3 Å². The Balaban J connectivity index is 2.47. The second kappa shape index (κ2) is 3.30. The number of rotatable bonds is 1. The topological polar surface area (TPSA) is 54.5 Å². The maximum Gasteiger partial charge on any atom is 0.101 e. The molecule has 4 nitrogen and oxygen atoms in total. The summed E-state index contributed by atoms with van der Waals surface area (Å²) in [5, 5.41) is 12.9. The molecule has 2 aromatic rings. The highest BCUT2D eigenvalue weighted by Gasteiger charge is 1.99. The average molecular weight is 184 g/mol. The minimum atomic E-state index is 0.538. The first kappa shape index (κ1) is 8.45. The summed E-state index contributed by atoms with van der Waals surface area (Å²) in [6.45, 7) is 1.91. The van der Waals surface area contributed by atoms with Crippen LogP contribution in [0.5, 0.6) is 0 Å². The van der Waals surface area contributed by atoms with E-state index in [4.69, 9.17) is 5.26 Å². The lowest BCUT2D eigenvalue weighted by atomic mass is 10.3. The van der Waals surface area contributed by atoms with Gasteiger partial charge in [0, 0.05) is 12.4 Å². The van der Waals surface area contributed by atoms with E-state index in [1.54, 1.807) is 16.9 Å². The van der Waals surface area contributed by atoms with E-state index in [-0.39, 0.29) is 0 Å². The van der Waals surface area contributed by atoms with Crippen LogP contribution in [0.4, 0.5) is 0 Å². The van der Waals surface area contributed by atoms with E-state index in [0.717, 1.165) is 11.4 Å². The fraction of sp³-hybridized carbons (Fsp3) is 0.100. The van der Waals surface area contributed by atoms with Crippen LogP contribution in [-0.2, 0) is 0 Å². The predicted octanol–water partition coefficient (Wildman–Crippen LogP) is 1.45. The van der Waals surface area contributed by atoms with E-state index in [9.17, 15) is 0 Å². The van der Waals surface area contributed by atoms with Crippen LogP contribution in [0.15, 0.2) is 30.7 Å². The van der Waals surface area contributed by atoms with E-state index >= 15 is 0 Å². The summed E-state index contributed by atoms with van der Waals surface area (Å²) in [5.41, 5.74) is 2.28. The SMILES string of the molecule is Cc1ccn(-c2cncc(C#N)c2)n1. The van der Waals surface area contributed by atoms with Gasteiger partial charge in [0.1, 0.15) is 6.07 Å². The van der Waals surface area contributed by atoms with Crippen molar-refractivity contribution in [2.75, 3.05) is 0 Å². The fourth-order valence-corrected chi connectivity index (χ4v) is 1.17. The third-order valence-corrected chi connectivity index (χ3v) is 1.84. The molecule has 2 heterocycles. The molecule has 0 atom stereocenters. The van der Waals surface area contributed by atoms with Gasteiger partial charge in [0.05, 0.1) is 23.1 Å². The molecule has 0 aliphatic carbocycles. The average Bonchev–Trinajstić information content (AvgIpc) is 2.65. The Bertz CT molecular complexity index is 493. The normalized spacial score (nSPS) is 9.71. The summed E-state index contributed by atoms with van der Waals surface area (Å²) in [7, 11) is 0. The molecule has 0 saturated carbocycles. The van der Waals surface area contributed by atoms with Crippen molar-refractivity contribution in [1.82, 2.24) is 14.8 Å². The van der Waals surface area contributed by atoms with E-state index in [2.05, 4.69) is 10.1 Å². The Morgan fingerprint density at radius 1 is 1.43 bits per heavy atom. The Morgan fingerprint density at radius 2 is 2.29 bits per heavy atom. The van der Waals surface area contributed by atoms with Gasteiger partial charge < -0.3 is 0 Å². The van der Waals surface area contributed by atoms with Crippen LogP contribution in [-0.4, -0.2) is 14.8 Å². The first-order valence-corrected chi connectivity index (χ1v) is 4.17. The summed E-state index contributed by atoms with van der Waals surface area (Å²) in [4.78, 5) is 3.96. The molecule has 14 heavy (non-hydrogen) atoms. The zero-order valence-corrected chi connectivity index (χ0v) is 7.68. The molecule has 0 N–H and O–H groups in total. The van der Waals surface area contributed by atoms with Gasteiger partial charge in [0.25, 0.3) is 0 Å². The standard InChI is InChI=1S/C10H8N4/c1-8-2-3-14(13-8)10-4-9(5-11)6-12-7-10/h2-4,6-7H,1H3. The third kappa shape index (κ3) is 1.48. The second-order valence-electron chi connectivity index (χ2n) is 2.95. The Morgan fingerprint density at radius 3 is 2.93 bits per heavy atom. The molecular formula is C10H8N4. The number of hydrogen-bond donors (Lipinski definition) is 0. The van der Waals surface area contributed by atoms with Crippen LogP contribution in [0.3, 0.4) is 0 Å². The largest absolute Gasteiger partial charge is 0.261 e. The molecule has 0 spiro atoms. The summed E-state index contributed by atoms with van der Waals surface area (Å²) >= 11 is 0. The van der Waals surface area contributed by atoms with Crippen molar-refractivity contribution in [3.63, 3.8) is 0 Å². The summed E-state index contributed by atoms with van der Waals surface area (Å²) < 4.78 is 1.70. The minimum absolute atomic E-state index is 0.538. The van der Waals surface area contributed by atoms with Gasteiger partial charge in [-0.1, -0.05) is 0 Å². The smallest absolute Gasteiger partial charge is 0.101 e. The lowest BCUT2D eigenvalue weighted by molar-refractivity contribution is 0.856. The number of aryl methyl sites for hydroxylation is 1. The minimum Gasteiger partial charge on any atom is -0.261 e. The van der Waals surface area contributed by atoms with E-state index in [1.165, 1.54) is 6.20 Å². The van der Waals surface area contributed by atoms with Crippen molar-refractivity contribution in [1.29, 1.82) is 5.26 Å². The quantitative estimate of drug-likeness (QED) is 0.674. The molecule has 68 valence electrons. The Kier molecular flexibility index (Phi) is 1.99. The predicted molar refractivity (Wildman–Crippen MR) is 50.8 cm³/mol. The second-order valence-corrected chi connectivity index (χ2v) is 2.95. The molecule has 0 unspecified atom stereocenters. The van der Waals surface area contributed by atoms with E-state index in [0.29, 0.717) is 5.56 Å². The number of hydrogen-bond acceptors (Lipinski definition) is 3. The fourth-order valence-electron chi connectivity index (χ4n) is 1.17. The van der Waals surface area contributed by atoms with Crippen LogP contribution in [0.2, 0.25) is 0 Å². The van der Waals surface area contributed by atoms with Gasteiger partial charge in [0.15, 0.2) is 0 Å². The maximum atomic E-state index is 8.69. The molecular weight excluding hydrogens is 176 g/mol. The molecule has 2 rings (SSSR count).